The van der Waals surface area contributed by atoms with Crippen molar-refractivity contribution in [1.82, 2.24) is 29.9 Å². The summed E-state index contributed by atoms with van der Waals surface area (Å²) in [5.41, 5.74) is 3.33. The third-order valence-corrected chi connectivity index (χ3v) is 6.29. The van der Waals surface area contributed by atoms with E-state index in [0.29, 0.717) is 32.4 Å². The lowest BCUT2D eigenvalue weighted by Crippen LogP contribution is -2.46. The first-order valence-corrected chi connectivity index (χ1v) is 11.1. The zero-order chi connectivity index (χ0) is 21.7. The molecule has 2 saturated heterocycles. The average molecular weight is 435 g/mol. The summed E-state index contributed by atoms with van der Waals surface area (Å²) in [6, 6.07) is 4.40. The molecule has 0 amide bonds. The number of anilines is 2. The summed E-state index contributed by atoms with van der Waals surface area (Å²) in [4.78, 5) is 30.5. The number of aromatic nitrogens is 6. The number of fused-ring (bicyclic) bond motifs is 2. The molecule has 10 heteroatoms. The standard InChI is InChI=1S/C22H26N8O2/c1-13-11-31-9-7-29(13)21-17-20(27-22(28-21)30-8-10-32-12-14(30)2)26-19(25-17)16-4-6-24-18-15(16)3-5-23-18/h3-6,13-14H,7-12H2,1-2H3,(H,23,24)(H,25,26,27,28). The van der Waals surface area contributed by atoms with Gasteiger partial charge in [-0.2, -0.15) is 9.97 Å². The largest absolute Gasteiger partial charge is 0.377 e. The molecule has 0 spiro atoms. The number of H-pyrrole nitrogens is 2. The van der Waals surface area contributed by atoms with Crippen molar-refractivity contribution >= 4 is 34.0 Å². The Bertz CT molecular complexity index is 1270. The number of morpholine rings is 2. The number of rotatable bonds is 3. The van der Waals surface area contributed by atoms with Gasteiger partial charge in [0.05, 0.1) is 38.5 Å². The van der Waals surface area contributed by atoms with Gasteiger partial charge in [-0.05, 0) is 26.0 Å². The lowest BCUT2D eigenvalue weighted by atomic mass is 10.2. The Hall–Kier alpha value is -3.24. The Morgan fingerprint density at radius 1 is 0.938 bits per heavy atom. The van der Waals surface area contributed by atoms with Crippen LogP contribution in [0.1, 0.15) is 13.8 Å². The van der Waals surface area contributed by atoms with Gasteiger partial charge < -0.3 is 29.2 Å². The van der Waals surface area contributed by atoms with E-state index in [-0.39, 0.29) is 12.1 Å². The van der Waals surface area contributed by atoms with Crippen LogP contribution in [0.15, 0.2) is 24.5 Å². The molecule has 4 aromatic heterocycles. The summed E-state index contributed by atoms with van der Waals surface area (Å²) in [6.07, 6.45) is 3.68. The van der Waals surface area contributed by atoms with E-state index in [1.165, 1.54) is 0 Å². The summed E-state index contributed by atoms with van der Waals surface area (Å²) in [5, 5.41) is 1.02. The van der Waals surface area contributed by atoms with Crippen LogP contribution >= 0.6 is 0 Å². The van der Waals surface area contributed by atoms with Crippen LogP contribution in [0.3, 0.4) is 0 Å². The molecule has 0 aliphatic carbocycles. The summed E-state index contributed by atoms with van der Waals surface area (Å²) in [6.45, 7) is 8.51. The quantitative estimate of drug-likeness (QED) is 0.506. The lowest BCUT2D eigenvalue weighted by Gasteiger charge is -2.36. The Labute approximate surface area is 185 Å². The van der Waals surface area contributed by atoms with E-state index in [4.69, 9.17) is 24.4 Å². The maximum absolute atomic E-state index is 5.67. The van der Waals surface area contributed by atoms with Crippen LogP contribution in [-0.4, -0.2) is 81.5 Å². The molecular weight excluding hydrogens is 408 g/mol. The molecule has 6 heterocycles. The molecule has 2 aliphatic rings. The first-order valence-electron chi connectivity index (χ1n) is 11.1. The highest BCUT2D eigenvalue weighted by Gasteiger charge is 2.28. The van der Waals surface area contributed by atoms with Crippen molar-refractivity contribution in [2.24, 2.45) is 0 Å². The van der Waals surface area contributed by atoms with Gasteiger partial charge in [0.1, 0.15) is 11.5 Å². The smallest absolute Gasteiger partial charge is 0.229 e. The second-order valence-electron chi connectivity index (χ2n) is 8.46. The number of nitrogens with one attached hydrogen (secondary N) is 2. The minimum Gasteiger partial charge on any atom is -0.377 e. The average Bonchev–Trinajstić information content (AvgIpc) is 3.46. The van der Waals surface area contributed by atoms with E-state index in [9.17, 15) is 0 Å². The fourth-order valence-corrected chi connectivity index (χ4v) is 4.56. The third-order valence-electron chi connectivity index (χ3n) is 6.29. The van der Waals surface area contributed by atoms with Crippen molar-refractivity contribution in [3.63, 3.8) is 0 Å². The van der Waals surface area contributed by atoms with Crippen molar-refractivity contribution < 1.29 is 9.47 Å². The number of hydrogen-bond acceptors (Lipinski definition) is 8. The number of pyridine rings is 1. The minimum absolute atomic E-state index is 0.203. The van der Waals surface area contributed by atoms with Gasteiger partial charge in [-0.15, -0.1) is 0 Å². The molecule has 6 rings (SSSR count). The van der Waals surface area contributed by atoms with E-state index >= 15 is 0 Å². The molecule has 32 heavy (non-hydrogen) atoms. The summed E-state index contributed by atoms with van der Waals surface area (Å²) in [7, 11) is 0. The van der Waals surface area contributed by atoms with Crippen LogP contribution in [0.4, 0.5) is 11.8 Å². The second-order valence-corrected chi connectivity index (χ2v) is 8.46. The van der Waals surface area contributed by atoms with Gasteiger partial charge in [0.15, 0.2) is 17.0 Å². The van der Waals surface area contributed by atoms with Crippen molar-refractivity contribution in [3.05, 3.63) is 24.5 Å². The molecule has 2 atom stereocenters. The Balaban J connectivity index is 1.53. The number of hydrogen-bond donors (Lipinski definition) is 2. The predicted octanol–water partition coefficient (Wildman–Crippen LogP) is 2.35. The van der Waals surface area contributed by atoms with Crippen LogP contribution in [0.5, 0.6) is 0 Å². The summed E-state index contributed by atoms with van der Waals surface area (Å²) < 4.78 is 11.3. The topological polar surface area (TPSA) is 108 Å². The predicted molar refractivity (Wildman–Crippen MR) is 122 cm³/mol. The minimum atomic E-state index is 0.203. The van der Waals surface area contributed by atoms with Crippen LogP contribution < -0.4 is 9.80 Å². The molecule has 166 valence electrons. The molecule has 2 fully saturated rings. The molecule has 0 radical (unpaired) electrons. The fourth-order valence-electron chi connectivity index (χ4n) is 4.56. The van der Waals surface area contributed by atoms with Crippen molar-refractivity contribution in [2.45, 2.75) is 25.9 Å². The normalized spacial score (nSPS) is 22.2. The molecular formula is C22H26N8O2. The van der Waals surface area contributed by atoms with Crippen molar-refractivity contribution in [1.29, 1.82) is 0 Å². The van der Waals surface area contributed by atoms with Crippen molar-refractivity contribution in [3.8, 4) is 11.4 Å². The van der Waals surface area contributed by atoms with Gasteiger partial charge in [-0.1, -0.05) is 0 Å². The SMILES string of the molecule is CC1COCCN1c1nc(N2CCOCC2C)c2nc(-c3ccnc4[nH]ccc34)[nH]c2n1. The number of ether oxygens (including phenoxy) is 2. The molecule has 2 aliphatic heterocycles. The van der Waals surface area contributed by atoms with Crippen molar-refractivity contribution in [2.75, 3.05) is 49.3 Å². The maximum Gasteiger partial charge on any atom is 0.229 e. The molecule has 2 unspecified atom stereocenters. The van der Waals surface area contributed by atoms with E-state index in [2.05, 4.69) is 38.6 Å². The first-order chi connectivity index (χ1) is 15.7. The molecule has 0 aromatic carbocycles. The molecule has 0 saturated carbocycles. The maximum atomic E-state index is 5.67. The zero-order valence-corrected chi connectivity index (χ0v) is 18.2. The molecule has 10 nitrogen and oxygen atoms in total. The second kappa shape index (κ2) is 7.72. The van der Waals surface area contributed by atoms with E-state index < -0.39 is 0 Å². The van der Waals surface area contributed by atoms with Gasteiger partial charge in [0.2, 0.25) is 5.95 Å². The Morgan fingerprint density at radius 3 is 2.50 bits per heavy atom. The Kier molecular flexibility index (Phi) is 4.69. The lowest BCUT2D eigenvalue weighted by molar-refractivity contribution is 0.0973. The monoisotopic (exact) mass is 434 g/mol. The van der Waals surface area contributed by atoms with Crippen LogP contribution in [0.2, 0.25) is 0 Å². The van der Waals surface area contributed by atoms with E-state index in [0.717, 1.165) is 52.5 Å². The third kappa shape index (κ3) is 3.18. The van der Waals surface area contributed by atoms with Gasteiger partial charge >= 0.3 is 0 Å². The highest BCUT2D eigenvalue weighted by molar-refractivity contribution is 5.94. The van der Waals surface area contributed by atoms with Crippen LogP contribution in [0.25, 0.3) is 33.6 Å². The first kappa shape index (κ1) is 19.4. The van der Waals surface area contributed by atoms with E-state index in [1.54, 1.807) is 6.20 Å². The fraction of sp³-hybridized carbons (Fsp3) is 0.455. The van der Waals surface area contributed by atoms with Gasteiger partial charge in [-0.3, -0.25) is 0 Å². The van der Waals surface area contributed by atoms with Gasteiger partial charge in [0.25, 0.3) is 0 Å². The summed E-state index contributed by atoms with van der Waals surface area (Å²) >= 11 is 0. The highest BCUT2D eigenvalue weighted by atomic mass is 16.5. The van der Waals surface area contributed by atoms with Crippen LogP contribution in [-0.2, 0) is 9.47 Å². The van der Waals surface area contributed by atoms with Gasteiger partial charge in [0, 0.05) is 36.4 Å². The Morgan fingerprint density at radius 2 is 1.72 bits per heavy atom. The molecule has 4 aromatic rings. The molecule has 0 bridgehead atoms. The number of aromatic amines is 2. The summed E-state index contributed by atoms with van der Waals surface area (Å²) in [5.74, 6) is 2.32. The zero-order valence-electron chi connectivity index (χ0n) is 18.2. The van der Waals surface area contributed by atoms with Gasteiger partial charge in [-0.25, -0.2) is 9.97 Å². The van der Waals surface area contributed by atoms with E-state index in [1.807, 2.05) is 18.3 Å². The number of nitrogens with zero attached hydrogens (tertiary/aromatic N) is 6. The highest BCUT2D eigenvalue weighted by Crippen LogP contribution is 2.32. The number of imidazole rings is 1. The van der Waals surface area contributed by atoms with Crippen LogP contribution in [0, 0.1) is 0 Å². The molecule has 2 N–H and O–H groups in total.